The Bertz CT molecular complexity index is 1000. The van der Waals surface area contributed by atoms with Crippen molar-refractivity contribution in [3.63, 3.8) is 0 Å². The highest BCUT2D eigenvalue weighted by atomic mass is 32.2. The number of amides is 1. The highest BCUT2D eigenvalue weighted by molar-refractivity contribution is 7.89. The van der Waals surface area contributed by atoms with Gasteiger partial charge in [0.05, 0.1) is 10.5 Å². The van der Waals surface area contributed by atoms with Gasteiger partial charge in [-0.25, -0.2) is 8.42 Å². The van der Waals surface area contributed by atoms with Crippen LogP contribution in [0.2, 0.25) is 0 Å². The van der Waals surface area contributed by atoms with Gasteiger partial charge in [-0.1, -0.05) is 12.1 Å². The molecule has 0 spiro atoms. The summed E-state index contributed by atoms with van der Waals surface area (Å²) in [5.41, 5.74) is 4.42. The Morgan fingerprint density at radius 2 is 1.64 bits per heavy atom. The van der Waals surface area contributed by atoms with Gasteiger partial charge < -0.3 is 9.47 Å². The van der Waals surface area contributed by atoms with E-state index in [1.807, 2.05) is 45.9 Å². The van der Waals surface area contributed by atoms with E-state index in [0.717, 1.165) is 29.1 Å². The SMILES string of the molecule is CCn1c(C)cc(C(=O)N2CCN(S(=O)(=O)c3cc(C)ccc3C)CC2)c1C. The van der Waals surface area contributed by atoms with Gasteiger partial charge in [-0.15, -0.1) is 0 Å². The molecule has 2 heterocycles. The molecule has 2 aromatic rings. The zero-order chi connectivity index (χ0) is 20.6. The number of hydrogen-bond acceptors (Lipinski definition) is 3. The Kier molecular flexibility index (Phi) is 5.68. The first-order valence-electron chi connectivity index (χ1n) is 9.70. The Morgan fingerprint density at radius 3 is 2.21 bits per heavy atom. The average Bonchev–Trinajstić information content (AvgIpc) is 2.96. The maximum atomic E-state index is 13.1. The summed E-state index contributed by atoms with van der Waals surface area (Å²) in [6.07, 6.45) is 0. The minimum absolute atomic E-state index is 0.0171. The first kappa shape index (κ1) is 20.6. The number of piperazine rings is 1. The molecule has 1 aromatic heterocycles. The molecule has 0 aliphatic carbocycles. The maximum Gasteiger partial charge on any atom is 0.255 e. The van der Waals surface area contributed by atoms with Crippen molar-refractivity contribution in [1.82, 2.24) is 13.8 Å². The number of sulfonamides is 1. The van der Waals surface area contributed by atoms with E-state index < -0.39 is 10.0 Å². The molecule has 0 saturated carbocycles. The molecular formula is C21H29N3O3S. The van der Waals surface area contributed by atoms with Crippen molar-refractivity contribution < 1.29 is 13.2 Å². The van der Waals surface area contributed by atoms with Crippen molar-refractivity contribution in [2.24, 2.45) is 0 Å². The van der Waals surface area contributed by atoms with Crippen LogP contribution < -0.4 is 0 Å². The Balaban J connectivity index is 1.75. The summed E-state index contributed by atoms with van der Waals surface area (Å²) in [6, 6.07) is 7.41. The van der Waals surface area contributed by atoms with Crippen molar-refractivity contribution in [2.45, 2.75) is 46.1 Å². The van der Waals surface area contributed by atoms with Crippen LogP contribution in [-0.2, 0) is 16.6 Å². The van der Waals surface area contributed by atoms with Crippen LogP contribution in [0.25, 0.3) is 0 Å². The number of benzene rings is 1. The van der Waals surface area contributed by atoms with Gasteiger partial charge >= 0.3 is 0 Å². The third kappa shape index (κ3) is 3.61. The molecule has 28 heavy (non-hydrogen) atoms. The Labute approximate surface area is 167 Å². The Hall–Kier alpha value is -2.12. The van der Waals surface area contributed by atoms with E-state index in [2.05, 4.69) is 11.5 Å². The lowest BCUT2D eigenvalue weighted by Crippen LogP contribution is -2.50. The lowest BCUT2D eigenvalue weighted by molar-refractivity contribution is 0.0697. The normalized spacial score (nSPS) is 15.8. The van der Waals surface area contributed by atoms with Crippen molar-refractivity contribution in [3.05, 3.63) is 52.3 Å². The van der Waals surface area contributed by atoms with E-state index >= 15 is 0 Å². The Morgan fingerprint density at radius 1 is 1.00 bits per heavy atom. The van der Waals surface area contributed by atoms with Gasteiger partial charge in [0, 0.05) is 44.1 Å². The molecular weight excluding hydrogens is 374 g/mol. The molecule has 3 rings (SSSR count). The molecule has 1 fully saturated rings. The molecule has 1 aliphatic heterocycles. The third-order valence-electron chi connectivity index (χ3n) is 5.61. The van der Waals surface area contributed by atoms with E-state index in [1.165, 1.54) is 4.31 Å². The second-order valence-corrected chi connectivity index (χ2v) is 9.40. The first-order chi connectivity index (χ1) is 13.2. The van der Waals surface area contributed by atoms with Crippen LogP contribution in [0, 0.1) is 27.7 Å². The van der Waals surface area contributed by atoms with Crippen molar-refractivity contribution >= 4 is 15.9 Å². The van der Waals surface area contributed by atoms with Crippen molar-refractivity contribution in [3.8, 4) is 0 Å². The standard InChI is InChI=1S/C21H29N3O3S/c1-6-24-17(4)14-19(18(24)5)21(25)22-9-11-23(12-10-22)28(26,27)20-13-15(2)7-8-16(20)3/h7-8,13-14H,6,9-12H2,1-5H3. The first-order valence-corrected chi connectivity index (χ1v) is 11.1. The topological polar surface area (TPSA) is 62.6 Å². The van der Waals surface area contributed by atoms with Gasteiger partial charge in [0.15, 0.2) is 0 Å². The van der Waals surface area contributed by atoms with Crippen LogP contribution in [0.5, 0.6) is 0 Å². The number of nitrogens with zero attached hydrogens (tertiary/aromatic N) is 3. The van der Waals surface area contributed by atoms with E-state index in [9.17, 15) is 13.2 Å². The number of carbonyl (C=O) groups excluding carboxylic acids is 1. The average molecular weight is 404 g/mol. The summed E-state index contributed by atoms with van der Waals surface area (Å²) < 4.78 is 29.7. The molecule has 0 atom stereocenters. The van der Waals surface area contributed by atoms with E-state index in [-0.39, 0.29) is 5.91 Å². The quantitative estimate of drug-likeness (QED) is 0.789. The van der Waals surface area contributed by atoms with Gasteiger partial charge in [0.2, 0.25) is 10.0 Å². The van der Waals surface area contributed by atoms with Crippen LogP contribution in [0.4, 0.5) is 0 Å². The number of carbonyl (C=O) groups is 1. The fourth-order valence-corrected chi connectivity index (χ4v) is 5.66. The molecule has 1 saturated heterocycles. The van der Waals surface area contributed by atoms with E-state index in [1.54, 1.807) is 11.0 Å². The van der Waals surface area contributed by atoms with Crippen LogP contribution >= 0.6 is 0 Å². The van der Waals surface area contributed by atoms with Gasteiger partial charge in [-0.2, -0.15) is 4.31 Å². The number of aromatic nitrogens is 1. The summed E-state index contributed by atoms with van der Waals surface area (Å²) in [7, 11) is -3.55. The molecule has 152 valence electrons. The van der Waals surface area contributed by atoms with Crippen molar-refractivity contribution in [1.29, 1.82) is 0 Å². The minimum atomic E-state index is -3.55. The van der Waals surface area contributed by atoms with Crippen molar-refractivity contribution in [2.75, 3.05) is 26.2 Å². The van der Waals surface area contributed by atoms with Crippen LogP contribution in [0.1, 0.15) is 39.8 Å². The second-order valence-electron chi connectivity index (χ2n) is 7.49. The lowest BCUT2D eigenvalue weighted by Gasteiger charge is -2.34. The molecule has 1 aromatic carbocycles. The van der Waals surface area contributed by atoms with E-state index in [0.29, 0.717) is 36.6 Å². The molecule has 6 nitrogen and oxygen atoms in total. The minimum Gasteiger partial charge on any atom is -0.349 e. The summed E-state index contributed by atoms with van der Waals surface area (Å²) >= 11 is 0. The molecule has 0 N–H and O–H groups in total. The predicted octanol–water partition coefficient (Wildman–Crippen LogP) is 2.89. The van der Waals surface area contributed by atoms with Gasteiger partial charge in [0.25, 0.3) is 5.91 Å². The van der Waals surface area contributed by atoms with Gasteiger partial charge in [0.1, 0.15) is 0 Å². The maximum absolute atomic E-state index is 13.1. The van der Waals surface area contributed by atoms with Gasteiger partial charge in [-0.05, 0) is 57.9 Å². The monoisotopic (exact) mass is 403 g/mol. The summed E-state index contributed by atoms with van der Waals surface area (Å²) in [4.78, 5) is 15.1. The zero-order valence-corrected chi connectivity index (χ0v) is 18.1. The van der Waals surface area contributed by atoms with Crippen LogP contribution in [0.15, 0.2) is 29.2 Å². The molecule has 1 aliphatic rings. The lowest BCUT2D eigenvalue weighted by atomic mass is 10.2. The summed E-state index contributed by atoms with van der Waals surface area (Å²) in [5.74, 6) is -0.0171. The largest absolute Gasteiger partial charge is 0.349 e. The van der Waals surface area contributed by atoms with Crippen LogP contribution in [0.3, 0.4) is 0 Å². The van der Waals surface area contributed by atoms with E-state index in [4.69, 9.17) is 0 Å². The van der Waals surface area contributed by atoms with Gasteiger partial charge in [-0.3, -0.25) is 4.79 Å². The molecule has 7 heteroatoms. The highest BCUT2D eigenvalue weighted by Crippen LogP contribution is 2.23. The fourth-order valence-electron chi connectivity index (χ4n) is 3.93. The van der Waals surface area contributed by atoms with Crippen LogP contribution in [-0.4, -0.2) is 54.3 Å². The fraction of sp³-hybridized carbons (Fsp3) is 0.476. The summed E-state index contributed by atoms with van der Waals surface area (Å²) in [6.45, 7) is 12.0. The summed E-state index contributed by atoms with van der Waals surface area (Å²) in [5, 5.41) is 0. The predicted molar refractivity (Wildman–Crippen MR) is 110 cm³/mol. The molecule has 0 radical (unpaired) electrons. The number of rotatable bonds is 4. The molecule has 0 bridgehead atoms. The smallest absolute Gasteiger partial charge is 0.255 e. The highest BCUT2D eigenvalue weighted by Gasteiger charge is 2.32. The molecule has 1 amide bonds. The number of aryl methyl sites for hydroxylation is 3. The number of hydrogen-bond donors (Lipinski definition) is 0. The zero-order valence-electron chi connectivity index (χ0n) is 17.3. The second kappa shape index (κ2) is 7.72. The third-order valence-corrected chi connectivity index (χ3v) is 7.65. The molecule has 0 unspecified atom stereocenters.